The molecular formula is C23H22O3. The van der Waals surface area contributed by atoms with Crippen LogP contribution in [0.15, 0.2) is 91.0 Å². The van der Waals surface area contributed by atoms with Crippen LogP contribution < -0.4 is 0 Å². The first-order valence-corrected chi connectivity index (χ1v) is 8.84. The largest absolute Gasteiger partial charge is 0.395 e. The topological polar surface area (TPSA) is 38.7 Å². The zero-order valence-corrected chi connectivity index (χ0v) is 14.5. The molecule has 0 amide bonds. The quantitative estimate of drug-likeness (QED) is 0.779. The summed E-state index contributed by atoms with van der Waals surface area (Å²) >= 11 is 0. The summed E-state index contributed by atoms with van der Waals surface area (Å²) in [5, 5.41) is 10.1. The predicted molar refractivity (Wildman–Crippen MR) is 101 cm³/mol. The van der Waals surface area contributed by atoms with Crippen molar-refractivity contribution in [3.63, 3.8) is 0 Å². The number of hydrogen-bond donors (Lipinski definition) is 1. The van der Waals surface area contributed by atoms with Crippen molar-refractivity contribution in [2.24, 2.45) is 0 Å². The maximum Gasteiger partial charge on any atom is 0.222 e. The molecule has 3 heteroatoms. The molecule has 0 bridgehead atoms. The van der Waals surface area contributed by atoms with E-state index in [0.29, 0.717) is 13.2 Å². The molecule has 0 aromatic heterocycles. The van der Waals surface area contributed by atoms with Crippen molar-refractivity contribution in [2.45, 2.75) is 11.2 Å². The van der Waals surface area contributed by atoms with Crippen LogP contribution in [0.25, 0.3) is 0 Å². The number of aliphatic hydroxyl groups is 1. The van der Waals surface area contributed by atoms with Gasteiger partial charge in [0.15, 0.2) is 0 Å². The monoisotopic (exact) mass is 346 g/mol. The second kappa shape index (κ2) is 7.04. The molecule has 0 saturated carbocycles. The Kier molecular flexibility index (Phi) is 4.60. The van der Waals surface area contributed by atoms with Gasteiger partial charge in [-0.25, -0.2) is 0 Å². The van der Waals surface area contributed by atoms with E-state index in [1.165, 1.54) is 0 Å². The van der Waals surface area contributed by atoms with E-state index >= 15 is 0 Å². The van der Waals surface area contributed by atoms with Crippen LogP contribution in [0.2, 0.25) is 0 Å². The van der Waals surface area contributed by atoms with Crippen LogP contribution in [0.3, 0.4) is 0 Å². The predicted octanol–water partition coefficient (Wildman–Crippen LogP) is 3.86. The molecule has 0 aliphatic carbocycles. The molecule has 3 aromatic rings. The zero-order valence-electron chi connectivity index (χ0n) is 14.5. The zero-order chi connectivity index (χ0) is 17.9. The second-order valence-corrected chi connectivity index (χ2v) is 6.73. The number of benzene rings is 3. The minimum Gasteiger partial charge on any atom is -0.395 e. The van der Waals surface area contributed by atoms with Crippen LogP contribution in [-0.2, 0) is 20.7 Å². The van der Waals surface area contributed by atoms with E-state index in [0.717, 1.165) is 16.7 Å². The van der Waals surface area contributed by atoms with Crippen molar-refractivity contribution in [1.29, 1.82) is 0 Å². The highest BCUT2D eigenvalue weighted by Crippen LogP contribution is 2.42. The van der Waals surface area contributed by atoms with Crippen molar-refractivity contribution >= 4 is 0 Å². The molecule has 1 aliphatic rings. The molecular weight excluding hydrogens is 324 g/mol. The summed E-state index contributed by atoms with van der Waals surface area (Å²) in [5.41, 5.74) is 2.36. The molecule has 1 N–H and O–H groups in total. The molecule has 0 unspecified atom stereocenters. The van der Waals surface area contributed by atoms with Gasteiger partial charge in [0.05, 0.1) is 25.2 Å². The van der Waals surface area contributed by atoms with E-state index in [-0.39, 0.29) is 6.61 Å². The Hall–Kier alpha value is -2.46. The highest BCUT2D eigenvalue weighted by Gasteiger charge is 2.47. The fourth-order valence-corrected chi connectivity index (χ4v) is 3.52. The molecule has 0 radical (unpaired) electrons. The Labute approximate surface area is 153 Å². The van der Waals surface area contributed by atoms with Gasteiger partial charge in [0.2, 0.25) is 5.79 Å². The summed E-state index contributed by atoms with van der Waals surface area (Å²) in [7, 11) is 0. The third-order valence-corrected chi connectivity index (χ3v) is 5.10. The number of hydrogen-bond acceptors (Lipinski definition) is 3. The van der Waals surface area contributed by atoms with Crippen LogP contribution >= 0.6 is 0 Å². The standard InChI is InChI=1S/C23H22O3/c24-16-22(19-10-4-1-5-11-19)17-25-23(26-18-22,20-12-6-2-7-13-20)21-14-8-3-9-15-21/h1-15,24H,16-18H2. The number of aliphatic hydroxyl groups excluding tert-OH is 1. The number of ether oxygens (including phenoxy) is 2. The first kappa shape index (κ1) is 17.0. The summed E-state index contributed by atoms with van der Waals surface area (Å²) in [6.45, 7) is 0.714. The van der Waals surface area contributed by atoms with Crippen LogP contribution in [0, 0.1) is 0 Å². The van der Waals surface area contributed by atoms with Gasteiger partial charge in [-0.05, 0) is 5.56 Å². The normalized spacial score (nSPS) is 18.3. The fourth-order valence-electron chi connectivity index (χ4n) is 3.52. The minimum atomic E-state index is -0.962. The van der Waals surface area contributed by atoms with E-state index < -0.39 is 11.2 Å². The lowest BCUT2D eigenvalue weighted by atomic mass is 9.81. The molecule has 3 nitrogen and oxygen atoms in total. The average Bonchev–Trinajstić information content (AvgIpc) is 2.76. The average molecular weight is 346 g/mol. The maximum absolute atomic E-state index is 10.1. The molecule has 1 fully saturated rings. The summed E-state index contributed by atoms with van der Waals surface area (Å²) in [5.74, 6) is -0.962. The molecule has 1 aliphatic heterocycles. The minimum absolute atomic E-state index is 0.0311. The molecule has 3 aromatic carbocycles. The van der Waals surface area contributed by atoms with Gasteiger partial charge in [-0.1, -0.05) is 91.0 Å². The van der Waals surface area contributed by atoms with Crippen molar-refractivity contribution in [1.82, 2.24) is 0 Å². The van der Waals surface area contributed by atoms with Gasteiger partial charge in [0.1, 0.15) is 0 Å². The maximum atomic E-state index is 10.1. The Balaban J connectivity index is 1.73. The molecule has 132 valence electrons. The summed E-state index contributed by atoms with van der Waals surface area (Å²) < 4.78 is 12.8. The van der Waals surface area contributed by atoms with Crippen molar-refractivity contribution in [3.8, 4) is 0 Å². The SMILES string of the molecule is OCC1(c2ccccc2)COC(c2ccccc2)(c2ccccc2)OC1. The van der Waals surface area contributed by atoms with Gasteiger partial charge < -0.3 is 14.6 Å². The highest BCUT2D eigenvalue weighted by atomic mass is 16.7. The lowest BCUT2D eigenvalue weighted by Gasteiger charge is -2.46. The van der Waals surface area contributed by atoms with Crippen LogP contribution in [0.1, 0.15) is 16.7 Å². The summed E-state index contributed by atoms with van der Waals surface area (Å²) in [4.78, 5) is 0. The first-order chi connectivity index (χ1) is 12.8. The second-order valence-electron chi connectivity index (χ2n) is 6.73. The van der Waals surface area contributed by atoms with Gasteiger partial charge in [-0.3, -0.25) is 0 Å². The Bertz CT molecular complexity index is 782. The lowest BCUT2D eigenvalue weighted by Crippen LogP contribution is -2.52. The number of rotatable bonds is 4. The van der Waals surface area contributed by atoms with Gasteiger partial charge in [0, 0.05) is 11.1 Å². The molecule has 1 saturated heterocycles. The molecule has 0 spiro atoms. The molecule has 26 heavy (non-hydrogen) atoms. The Morgan fingerprint density at radius 1 is 0.615 bits per heavy atom. The third kappa shape index (κ3) is 2.84. The first-order valence-electron chi connectivity index (χ1n) is 8.84. The molecule has 4 rings (SSSR count). The Morgan fingerprint density at radius 2 is 1.00 bits per heavy atom. The van der Waals surface area contributed by atoms with Gasteiger partial charge in [0.25, 0.3) is 0 Å². The van der Waals surface area contributed by atoms with Gasteiger partial charge >= 0.3 is 0 Å². The van der Waals surface area contributed by atoms with Crippen molar-refractivity contribution < 1.29 is 14.6 Å². The van der Waals surface area contributed by atoms with Crippen LogP contribution in [-0.4, -0.2) is 24.9 Å². The van der Waals surface area contributed by atoms with Crippen LogP contribution in [0.4, 0.5) is 0 Å². The molecule has 0 atom stereocenters. The summed E-state index contributed by atoms with van der Waals surface area (Å²) in [6, 6.07) is 29.9. The van der Waals surface area contributed by atoms with Crippen molar-refractivity contribution in [3.05, 3.63) is 108 Å². The molecule has 1 heterocycles. The van der Waals surface area contributed by atoms with Gasteiger partial charge in [-0.2, -0.15) is 0 Å². The third-order valence-electron chi connectivity index (χ3n) is 5.10. The summed E-state index contributed by atoms with van der Waals surface area (Å²) in [6.07, 6.45) is 0. The van der Waals surface area contributed by atoms with E-state index in [1.54, 1.807) is 0 Å². The highest BCUT2D eigenvalue weighted by molar-refractivity contribution is 5.35. The van der Waals surface area contributed by atoms with Crippen molar-refractivity contribution in [2.75, 3.05) is 19.8 Å². The van der Waals surface area contributed by atoms with E-state index in [1.807, 2.05) is 91.0 Å². The smallest absolute Gasteiger partial charge is 0.222 e. The van der Waals surface area contributed by atoms with Crippen LogP contribution in [0.5, 0.6) is 0 Å². The fraction of sp³-hybridized carbons (Fsp3) is 0.217. The Morgan fingerprint density at radius 3 is 1.38 bits per heavy atom. The van der Waals surface area contributed by atoms with E-state index in [2.05, 4.69) is 0 Å². The van der Waals surface area contributed by atoms with E-state index in [4.69, 9.17) is 9.47 Å². The van der Waals surface area contributed by atoms with Gasteiger partial charge in [-0.15, -0.1) is 0 Å². The van der Waals surface area contributed by atoms with E-state index in [9.17, 15) is 5.11 Å². The lowest BCUT2D eigenvalue weighted by molar-refractivity contribution is -0.278.